The molecule has 20 heavy (non-hydrogen) atoms. The smallest absolute Gasteiger partial charge is 0.244 e. The normalized spacial score (nSPS) is 16.6. The van der Waals surface area contributed by atoms with Crippen molar-refractivity contribution in [1.82, 2.24) is 4.72 Å². The highest BCUT2D eigenvalue weighted by Crippen LogP contribution is 2.32. The van der Waals surface area contributed by atoms with Gasteiger partial charge in [-0.25, -0.2) is 13.1 Å². The van der Waals surface area contributed by atoms with E-state index in [1.807, 2.05) is 19.9 Å². The maximum atomic E-state index is 12.5. The first-order valence-corrected chi connectivity index (χ1v) is 8.68. The van der Waals surface area contributed by atoms with Crippen LogP contribution in [0.3, 0.4) is 0 Å². The number of nitrogens with one attached hydrogen (secondary N) is 1. The SMILES string of the molecule is CC[C@H](C)NS(=O)(=O)c1cc2c(cc1OC)CCCC2. The predicted octanol–water partition coefficient (Wildman–Crippen LogP) is 2.65. The van der Waals surface area contributed by atoms with Crippen LogP contribution < -0.4 is 9.46 Å². The average molecular weight is 297 g/mol. The van der Waals surface area contributed by atoms with Crippen molar-refractivity contribution < 1.29 is 13.2 Å². The molecule has 1 atom stereocenters. The van der Waals surface area contributed by atoms with Crippen LogP contribution in [0.15, 0.2) is 17.0 Å². The van der Waals surface area contributed by atoms with Gasteiger partial charge in [0.2, 0.25) is 10.0 Å². The van der Waals surface area contributed by atoms with E-state index in [4.69, 9.17) is 4.74 Å². The summed E-state index contributed by atoms with van der Waals surface area (Å²) >= 11 is 0. The van der Waals surface area contributed by atoms with Crippen LogP contribution in [-0.2, 0) is 22.9 Å². The van der Waals surface area contributed by atoms with E-state index in [0.29, 0.717) is 5.75 Å². The fraction of sp³-hybridized carbons (Fsp3) is 0.600. The van der Waals surface area contributed by atoms with Gasteiger partial charge < -0.3 is 4.74 Å². The minimum atomic E-state index is -3.52. The summed E-state index contributed by atoms with van der Waals surface area (Å²) in [4.78, 5) is 0.265. The fourth-order valence-corrected chi connectivity index (χ4v) is 4.05. The van der Waals surface area contributed by atoms with Crippen LogP contribution >= 0.6 is 0 Å². The molecule has 0 heterocycles. The molecule has 112 valence electrons. The van der Waals surface area contributed by atoms with E-state index in [1.54, 1.807) is 6.07 Å². The van der Waals surface area contributed by atoms with Crippen LogP contribution in [0.1, 0.15) is 44.2 Å². The lowest BCUT2D eigenvalue weighted by Crippen LogP contribution is -2.32. The lowest BCUT2D eigenvalue weighted by atomic mass is 9.92. The maximum Gasteiger partial charge on any atom is 0.244 e. The Morgan fingerprint density at radius 2 is 1.85 bits per heavy atom. The monoisotopic (exact) mass is 297 g/mol. The van der Waals surface area contributed by atoms with Crippen molar-refractivity contribution in [1.29, 1.82) is 0 Å². The summed E-state index contributed by atoms with van der Waals surface area (Å²) in [7, 11) is -2.00. The molecule has 0 fully saturated rings. The quantitative estimate of drug-likeness (QED) is 0.909. The van der Waals surface area contributed by atoms with E-state index in [1.165, 1.54) is 12.7 Å². The van der Waals surface area contributed by atoms with Gasteiger partial charge in [-0.3, -0.25) is 0 Å². The Labute approximate surface area is 121 Å². The van der Waals surface area contributed by atoms with Gasteiger partial charge in [0.1, 0.15) is 10.6 Å². The molecule has 4 nitrogen and oxygen atoms in total. The molecule has 0 spiro atoms. The number of fused-ring (bicyclic) bond motifs is 1. The number of aryl methyl sites for hydroxylation is 2. The Bertz CT molecular complexity index is 581. The third kappa shape index (κ3) is 3.15. The Morgan fingerprint density at radius 3 is 2.40 bits per heavy atom. The molecule has 0 aromatic heterocycles. The topological polar surface area (TPSA) is 55.4 Å². The van der Waals surface area contributed by atoms with Crippen LogP contribution in [0.4, 0.5) is 0 Å². The van der Waals surface area contributed by atoms with Crippen molar-refractivity contribution in [3.8, 4) is 5.75 Å². The number of methoxy groups -OCH3 is 1. The predicted molar refractivity (Wildman–Crippen MR) is 79.7 cm³/mol. The van der Waals surface area contributed by atoms with Crippen molar-refractivity contribution in [2.24, 2.45) is 0 Å². The zero-order chi connectivity index (χ0) is 14.8. The summed E-state index contributed by atoms with van der Waals surface area (Å²) in [6, 6.07) is 3.60. The standard InChI is InChI=1S/C15H23NO3S/c1-4-11(2)16-20(17,18)15-10-13-8-6-5-7-12(13)9-14(15)19-3/h9-11,16H,4-8H2,1-3H3/t11-/m0/s1. The van der Waals surface area contributed by atoms with E-state index in [9.17, 15) is 8.42 Å². The first kappa shape index (κ1) is 15.3. The molecule has 1 aliphatic rings. The molecule has 0 unspecified atom stereocenters. The van der Waals surface area contributed by atoms with Crippen LogP contribution in [0.25, 0.3) is 0 Å². The third-order valence-electron chi connectivity index (χ3n) is 3.89. The second-order valence-corrected chi connectivity index (χ2v) is 7.09. The Hall–Kier alpha value is -1.07. The van der Waals surface area contributed by atoms with Crippen molar-refractivity contribution in [3.05, 3.63) is 23.3 Å². The minimum absolute atomic E-state index is 0.0826. The van der Waals surface area contributed by atoms with E-state index in [2.05, 4.69) is 4.72 Å². The highest BCUT2D eigenvalue weighted by molar-refractivity contribution is 7.89. The zero-order valence-electron chi connectivity index (χ0n) is 12.4. The number of ether oxygens (including phenoxy) is 1. The average Bonchev–Trinajstić information content (AvgIpc) is 2.45. The van der Waals surface area contributed by atoms with Gasteiger partial charge in [-0.1, -0.05) is 6.92 Å². The molecule has 0 aliphatic heterocycles. The fourth-order valence-electron chi connectivity index (χ4n) is 2.52. The van der Waals surface area contributed by atoms with Gasteiger partial charge in [-0.15, -0.1) is 0 Å². The summed E-state index contributed by atoms with van der Waals surface area (Å²) in [6.45, 7) is 3.82. The Morgan fingerprint density at radius 1 is 1.25 bits per heavy atom. The van der Waals surface area contributed by atoms with Gasteiger partial charge in [0.05, 0.1) is 7.11 Å². The van der Waals surface area contributed by atoms with Crippen molar-refractivity contribution in [2.75, 3.05) is 7.11 Å². The second kappa shape index (κ2) is 6.14. The molecule has 1 N–H and O–H groups in total. The highest BCUT2D eigenvalue weighted by atomic mass is 32.2. The van der Waals surface area contributed by atoms with Crippen molar-refractivity contribution >= 4 is 10.0 Å². The minimum Gasteiger partial charge on any atom is -0.495 e. The molecular weight excluding hydrogens is 274 g/mol. The van der Waals surface area contributed by atoms with Crippen LogP contribution in [0.2, 0.25) is 0 Å². The van der Waals surface area contributed by atoms with Gasteiger partial charge >= 0.3 is 0 Å². The molecule has 0 amide bonds. The molecular formula is C15H23NO3S. The van der Waals surface area contributed by atoms with Gasteiger partial charge in [0, 0.05) is 6.04 Å². The summed E-state index contributed by atoms with van der Waals surface area (Å²) in [6.07, 6.45) is 4.99. The summed E-state index contributed by atoms with van der Waals surface area (Å²) in [5.74, 6) is 0.446. The lowest BCUT2D eigenvalue weighted by Gasteiger charge is -2.20. The molecule has 0 saturated carbocycles. The lowest BCUT2D eigenvalue weighted by molar-refractivity contribution is 0.400. The summed E-state index contributed by atoms with van der Waals surface area (Å²) < 4.78 is 32.9. The second-order valence-electron chi connectivity index (χ2n) is 5.41. The van der Waals surface area contributed by atoms with Crippen molar-refractivity contribution in [3.63, 3.8) is 0 Å². The van der Waals surface area contributed by atoms with E-state index in [0.717, 1.165) is 37.7 Å². The largest absolute Gasteiger partial charge is 0.495 e. The van der Waals surface area contributed by atoms with E-state index < -0.39 is 10.0 Å². The molecule has 1 aromatic carbocycles. The van der Waals surface area contributed by atoms with Gasteiger partial charge in [0.15, 0.2) is 0 Å². The number of rotatable bonds is 5. The molecule has 0 saturated heterocycles. The Kier molecular flexibility index (Phi) is 4.70. The number of hydrogen-bond donors (Lipinski definition) is 1. The van der Waals surface area contributed by atoms with Gasteiger partial charge in [0.25, 0.3) is 0 Å². The molecule has 0 radical (unpaired) electrons. The van der Waals surface area contributed by atoms with Gasteiger partial charge in [-0.05, 0) is 62.3 Å². The van der Waals surface area contributed by atoms with E-state index >= 15 is 0 Å². The molecule has 1 aromatic rings. The van der Waals surface area contributed by atoms with Crippen LogP contribution in [0, 0.1) is 0 Å². The Balaban J connectivity index is 2.44. The van der Waals surface area contributed by atoms with E-state index in [-0.39, 0.29) is 10.9 Å². The first-order valence-electron chi connectivity index (χ1n) is 7.20. The summed E-state index contributed by atoms with van der Waals surface area (Å²) in [5, 5.41) is 0. The van der Waals surface area contributed by atoms with Gasteiger partial charge in [-0.2, -0.15) is 0 Å². The third-order valence-corrected chi connectivity index (χ3v) is 5.50. The summed E-state index contributed by atoms with van der Waals surface area (Å²) in [5.41, 5.74) is 2.36. The number of sulfonamides is 1. The zero-order valence-corrected chi connectivity index (χ0v) is 13.2. The molecule has 1 aliphatic carbocycles. The molecule has 2 rings (SSSR count). The maximum absolute atomic E-state index is 12.5. The van der Waals surface area contributed by atoms with Crippen LogP contribution in [-0.4, -0.2) is 21.6 Å². The highest BCUT2D eigenvalue weighted by Gasteiger charge is 2.24. The van der Waals surface area contributed by atoms with Crippen molar-refractivity contribution in [2.45, 2.75) is 56.9 Å². The van der Waals surface area contributed by atoms with Crippen LogP contribution in [0.5, 0.6) is 5.75 Å². The number of hydrogen-bond acceptors (Lipinski definition) is 3. The molecule has 0 bridgehead atoms. The first-order chi connectivity index (χ1) is 9.47. The molecule has 5 heteroatoms. The number of benzene rings is 1.